The van der Waals surface area contributed by atoms with Gasteiger partial charge in [-0.25, -0.2) is 4.79 Å². The SMILES string of the molecule is CC(C)C(C)(C)CNC(=O)NCCCCCCC(=O)O. The van der Waals surface area contributed by atoms with E-state index in [9.17, 15) is 9.59 Å². The molecule has 0 atom stereocenters. The Kier molecular flexibility index (Phi) is 9.01. The van der Waals surface area contributed by atoms with Crippen molar-refractivity contribution in [1.82, 2.24) is 10.6 Å². The van der Waals surface area contributed by atoms with Gasteiger partial charge in [-0.2, -0.15) is 0 Å². The van der Waals surface area contributed by atoms with Crippen LogP contribution in [-0.4, -0.2) is 30.2 Å². The minimum absolute atomic E-state index is 0.0914. The van der Waals surface area contributed by atoms with Crippen LogP contribution in [0.1, 0.15) is 59.8 Å². The molecule has 0 saturated carbocycles. The zero-order chi connectivity index (χ0) is 15.6. The van der Waals surface area contributed by atoms with Gasteiger partial charge < -0.3 is 15.7 Å². The molecule has 0 aromatic rings. The summed E-state index contributed by atoms with van der Waals surface area (Å²) in [5, 5.41) is 14.2. The van der Waals surface area contributed by atoms with Crippen LogP contribution in [-0.2, 0) is 4.79 Å². The average Bonchev–Trinajstić information content (AvgIpc) is 2.34. The van der Waals surface area contributed by atoms with E-state index in [0.717, 1.165) is 19.3 Å². The average molecular weight is 286 g/mol. The van der Waals surface area contributed by atoms with E-state index in [2.05, 4.69) is 38.3 Å². The highest BCUT2D eigenvalue weighted by Crippen LogP contribution is 2.24. The van der Waals surface area contributed by atoms with Gasteiger partial charge in [-0.1, -0.05) is 40.5 Å². The van der Waals surface area contributed by atoms with E-state index < -0.39 is 5.97 Å². The molecule has 0 saturated heterocycles. The van der Waals surface area contributed by atoms with Gasteiger partial charge in [0.2, 0.25) is 0 Å². The van der Waals surface area contributed by atoms with Crippen LogP contribution in [0.4, 0.5) is 4.79 Å². The normalized spacial score (nSPS) is 11.4. The maximum Gasteiger partial charge on any atom is 0.314 e. The number of amides is 2. The number of carbonyl (C=O) groups excluding carboxylic acids is 1. The molecule has 0 spiro atoms. The number of unbranched alkanes of at least 4 members (excludes halogenated alkanes) is 3. The molecular weight excluding hydrogens is 256 g/mol. The summed E-state index contributed by atoms with van der Waals surface area (Å²) in [6.45, 7) is 9.88. The molecule has 118 valence electrons. The third-order valence-corrected chi connectivity index (χ3v) is 3.87. The number of aliphatic carboxylic acids is 1. The van der Waals surface area contributed by atoms with Crippen LogP contribution >= 0.6 is 0 Å². The van der Waals surface area contributed by atoms with Crippen molar-refractivity contribution in [2.24, 2.45) is 11.3 Å². The Balaban J connectivity index is 3.53. The first-order valence-electron chi connectivity index (χ1n) is 7.49. The van der Waals surface area contributed by atoms with Gasteiger partial charge in [0.25, 0.3) is 0 Å². The van der Waals surface area contributed by atoms with Crippen LogP contribution < -0.4 is 10.6 Å². The monoisotopic (exact) mass is 286 g/mol. The van der Waals surface area contributed by atoms with Crippen LogP contribution in [0.15, 0.2) is 0 Å². The quantitative estimate of drug-likeness (QED) is 0.540. The summed E-state index contributed by atoms with van der Waals surface area (Å²) in [5.74, 6) is -0.229. The number of carbonyl (C=O) groups is 2. The van der Waals surface area contributed by atoms with Gasteiger partial charge in [-0.05, 0) is 24.2 Å². The second-order valence-corrected chi connectivity index (χ2v) is 6.31. The fourth-order valence-corrected chi connectivity index (χ4v) is 1.53. The second kappa shape index (κ2) is 9.61. The molecule has 0 aliphatic heterocycles. The van der Waals surface area contributed by atoms with Gasteiger partial charge in [0.1, 0.15) is 0 Å². The summed E-state index contributed by atoms with van der Waals surface area (Å²) in [6.07, 6.45) is 3.68. The molecule has 0 unspecified atom stereocenters. The maximum atomic E-state index is 11.6. The number of hydrogen-bond acceptors (Lipinski definition) is 2. The lowest BCUT2D eigenvalue weighted by Crippen LogP contribution is -2.42. The molecule has 0 radical (unpaired) electrons. The van der Waals surface area contributed by atoms with E-state index >= 15 is 0 Å². The Morgan fingerprint density at radius 2 is 1.65 bits per heavy atom. The third-order valence-electron chi connectivity index (χ3n) is 3.87. The fraction of sp³-hybridized carbons (Fsp3) is 0.867. The lowest BCUT2D eigenvalue weighted by Gasteiger charge is -2.29. The van der Waals surface area contributed by atoms with Crippen molar-refractivity contribution in [3.63, 3.8) is 0 Å². The molecule has 0 bridgehead atoms. The van der Waals surface area contributed by atoms with E-state index in [-0.39, 0.29) is 17.9 Å². The standard InChI is InChI=1S/C15H30N2O3/c1-12(2)15(3,4)11-17-14(20)16-10-8-6-5-7-9-13(18)19/h12H,5-11H2,1-4H3,(H,18,19)(H2,16,17,20). The molecular formula is C15H30N2O3. The van der Waals surface area contributed by atoms with Gasteiger partial charge in [0.05, 0.1) is 0 Å². The number of carboxylic acids is 1. The van der Waals surface area contributed by atoms with Crippen molar-refractivity contribution >= 4 is 12.0 Å². The highest BCUT2D eigenvalue weighted by molar-refractivity contribution is 5.73. The Hall–Kier alpha value is -1.26. The Morgan fingerprint density at radius 3 is 2.20 bits per heavy atom. The van der Waals surface area contributed by atoms with Crippen LogP contribution in [0.5, 0.6) is 0 Å². The number of hydrogen-bond donors (Lipinski definition) is 3. The van der Waals surface area contributed by atoms with E-state index in [4.69, 9.17) is 5.11 Å². The van der Waals surface area contributed by atoms with Crippen LogP contribution in [0.25, 0.3) is 0 Å². The summed E-state index contributed by atoms with van der Waals surface area (Å²) >= 11 is 0. The zero-order valence-corrected chi connectivity index (χ0v) is 13.3. The highest BCUT2D eigenvalue weighted by atomic mass is 16.4. The van der Waals surface area contributed by atoms with Gasteiger partial charge in [0.15, 0.2) is 0 Å². The summed E-state index contributed by atoms with van der Waals surface area (Å²) in [5.41, 5.74) is 0.0914. The summed E-state index contributed by atoms with van der Waals surface area (Å²) < 4.78 is 0. The highest BCUT2D eigenvalue weighted by Gasteiger charge is 2.22. The van der Waals surface area contributed by atoms with Gasteiger partial charge >= 0.3 is 12.0 Å². The molecule has 0 fully saturated rings. The van der Waals surface area contributed by atoms with Crippen LogP contribution in [0.3, 0.4) is 0 Å². The van der Waals surface area contributed by atoms with Crippen molar-refractivity contribution in [3.8, 4) is 0 Å². The van der Waals surface area contributed by atoms with Crippen LogP contribution in [0.2, 0.25) is 0 Å². The van der Waals surface area contributed by atoms with E-state index in [0.29, 0.717) is 25.4 Å². The lowest BCUT2D eigenvalue weighted by atomic mass is 9.81. The molecule has 0 aromatic carbocycles. The molecule has 5 heteroatoms. The number of nitrogens with one attached hydrogen (secondary N) is 2. The topological polar surface area (TPSA) is 78.4 Å². The third kappa shape index (κ3) is 9.64. The van der Waals surface area contributed by atoms with Crippen molar-refractivity contribution in [2.75, 3.05) is 13.1 Å². The Labute approximate surface area is 122 Å². The Bertz CT molecular complexity index is 301. The maximum absolute atomic E-state index is 11.6. The summed E-state index contributed by atoms with van der Waals surface area (Å²) in [6, 6.07) is -0.121. The molecule has 5 nitrogen and oxygen atoms in total. The van der Waals surface area contributed by atoms with Crippen molar-refractivity contribution in [3.05, 3.63) is 0 Å². The first kappa shape index (κ1) is 18.7. The van der Waals surface area contributed by atoms with Gasteiger partial charge in [-0.15, -0.1) is 0 Å². The summed E-state index contributed by atoms with van der Waals surface area (Å²) in [7, 11) is 0. The second-order valence-electron chi connectivity index (χ2n) is 6.31. The number of urea groups is 1. The van der Waals surface area contributed by atoms with E-state index in [1.807, 2.05) is 0 Å². The zero-order valence-electron chi connectivity index (χ0n) is 13.3. The molecule has 3 N–H and O–H groups in total. The van der Waals surface area contributed by atoms with Gasteiger partial charge in [-0.3, -0.25) is 4.79 Å². The summed E-state index contributed by atoms with van der Waals surface area (Å²) in [4.78, 5) is 21.9. The molecule has 0 aliphatic rings. The molecule has 0 aromatic heterocycles. The molecule has 0 heterocycles. The largest absolute Gasteiger partial charge is 0.481 e. The first-order chi connectivity index (χ1) is 9.25. The minimum Gasteiger partial charge on any atom is -0.481 e. The van der Waals surface area contributed by atoms with Crippen LogP contribution in [0, 0.1) is 11.3 Å². The fourth-order valence-electron chi connectivity index (χ4n) is 1.53. The molecule has 0 rings (SSSR count). The van der Waals surface area contributed by atoms with Crippen molar-refractivity contribution in [1.29, 1.82) is 0 Å². The van der Waals surface area contributed by atoms with Gasteiger partial charge in [0, 0.05) is 19.5 Å². The van der Waals surface area contributed by atoms with Crippen molar-refractivity contribution < 1.29 is 14.7 Å². The molecule has 0 aliphatic carbocycles. The van der Waals surface area contributed by atoms with Crippen molar-refractivity contribution in [2.45, 2.75) is 59.8 Å². The Morgan fingerprint density at radius 1 is 1.05 bits per heavy atom. The lowest BCUT2D eigenvalue weighted by molar-refractivity contribution is -0.137. The minimum atomic E-state index is -0.740. The van der Waals surface area contributed by atoms with E-state index in [1.165, 1.54) is 0 Å². The predicted molar refractivity (Wildman–Crippen MR) is 80.7 cm³/mol. The predicted octanol–water partition coefficient (Wildman–Crippen LogP) is 3.00. The first-order valence-corrected chi connectivity index (χ1v) is 7.49. The number of rotatable bonds is 10. The smallest absolute Gasteiger partial charge is 0.314 e. The number of carboxylic acid groups (broad SMARTS) is 1. The van der Waals surface area contributed by atoms with E-state index in [1.54, 1.807) is 0 Å². The molecule has 2 amide bonds. The molecule has 20 heavy (non-hydrogen) atoms.